The largest absolute Gasteiger partial charge is 0.467 e. The van der Waals surface area contributed by atoms with Crippen molar-refractivity contribution in [2.75, 3.05) is 7.11 Å². The second kappa shape index (κ2) is 11.7. The van der Waals surface area contributed by atoms with Crippen LogP contribution in [-0.2, 0) is 19.1 Å². The minimum absolute atomic E-state index is 0.154. The number of ether oxygens (including phenoxy) is 1. The van der Waals surface area contributed by atoms with Gasteiger partial charge >= 0.3 is 5.97 Å². The highest BCUT2D eigenvalue weighted by Gasteiger charge is 2.29. The Morgan fingerprint density at radius 2 is 1.50 bits per heavy atom. The predicted octanol–water partition coefficient (Wildman–Crippen LogP) is 1.38. The molecule has 0 radical (unpaired) electrons. The maximum Gasteiger partial charge on any atom is 0.328 e. The fourth-order valence-electron chi connectivity index (χ4n) is 2.94. The zero-order valence-corrected chi connectivity index (χ0v) is 18.6. The Morgan fingerprint density at radius 1 is 0.967 bits per heavy atom. The van der Waals surface area contributed by atoms with Crippen molar-refractivity contribution in [3.05, 3.63) is 35.4 Å². The van der Waals surface area contributed by atoms with Crippen LogP contribution in [0.5, 0.6) is 0 Å². The maximum atomic E-state index is 12.4. The Labute approximate surface area is 178 Å². The van der Waals surface area contributed by atoms with Crippen LogP contribution in [0.1, 0.15) is 64.1 Å². The first kappa shape index (κ1) is 25.6. The molecule has 2 amide bonds. The zero-order chi connectivity index (χ0) is 23.0. The second-order valence-corrected chi connectivity index (χ2v) is 8.24. The smallest absolute Gasteiger partial charge is 0.328 e. The molecule has 0 bridgehead atoms. The number of carbonyl (C=O) groups excluding carboxylic acids is 3. The molecule has 0 aliphatic rings. The first-order valence-corrected chi connectivity index (χ1v) is 10.2. The number of aliphatic hydroxyl groups is 1. The van der Waals surface area contributed by atoms with Crippen molar-refractivity contribution in [3.8, 4) is 0 Å². The lowest BCUT2D eigenvalue weighted by Gasteiger charge is -2.23. The average molecular weight is 422 g/mol. The van der Waals surface area contributed by atoms with Crippen molar-refractivity contribution in [1.82, 2.24) is 10.6 Å². The highest BCUT2D eigenvalue weighted by atomic mass is 16.5. The average Bonchev–Trinajstić information content (AvgIpc) is 2.70. The summed E-state index contributed by atoms with van der Waals surface area (Å²) in [6.07, 6.45) is -1.13. The molecule has 1 aromatic carbocycles. The summed E-state index contributed by atoms with van der Waals surface area (Å²) >= 11 is 0. The second-order valence-electron chi connectivity index (χ2n) is 8.24. The molecular weight excluding hydrogens is 386 g/mol. The summed E-state index contributed by atoms with van der Waals surface area (Å²) in [7, 11) is 1.25. The molecule has 0 unspecified atom stereocenters. The number of benzene rings is 1. The molecule has 0 fully saturated rings. The Kier molecular flexibility index (Phi) is 9.95. The van der Waals surface area contributed by atoms with Gasteiger partial charge < -0.3 is 26.2 Å². The molecule has 4 atom stereocenters. The van der Waals surface area contributed by atoms with E-state index in [4.69, 9.17) is 10.5 Å². The third kappa shape index (κ3) is 7.42. The Bertz CT molecular complexity index is 718. The van der Waals surface area contributed by atoms with Crippen molar-refractivity contribution in [1.29, 1.82) is 0 Å². The lowest BCUT2D eigenvalue weighted by atomic mass is 9.97. The third-order valence-corrected chi connectivity index (χ3v) is 4.86. The van der Waals surface area contributed by atoms with Gasteiger partial charge in [-0.25, -0.2) is 4.79 Å². The molecule has 0 saturated heterocycles. The first-order chi connectivity index (χ1) is 14.0. The van der Waals surface area contributed by atoms with Gasteiger partial charge in [-0.2, -0.15) is 0 Å². The zero-order valence-electron chi connectivity index (χ0n) is 18.6. The van der Waals surface area contributed by atoms with E-state index in [1.807, 2.05) is 26.0 Å². The predicted molar refractivity (Wildman–Crippen MR) is 114 cm³/mol. The van der Waals surface area contributed by atoms with Crippen molar-refractivity contribution >= 4 is 17.8 Å². The van der Waals surface area contributed by atoms with E-state index in [-0.39, 0.29) is 5.92 Å². The topological polar surface area (TPSA) is 131 Å². The maximum absolute atomic E-state index is 12.4. The monoisotopic (exact) mass is 421 g/mol. The van der Waals surface area contributed by atoms with Crippen LogP contribution in [-0.4, -0.2) is 48.2 Å². The summed E-state index contributed by atoms with van der Waals surface area (Å²) in [4.78, 5) is 36.7. The van der Waals surface area contributed by atoms with Crippen LogP contribution in [0.3, 0.4) is 0 Å². The molecule has 5 N–H and O–H groups in total. The summed E-state index contributed by atoms with van der Waals surface area (Å²) in [6, 6.07) is 4.64. The summed E-state index contributed by atoms with van der Waals surface area (Å²) in [5, 5.41) is 15.4. The van der Waals surface area contributed by atoms with E-state index in [1.165, 1.54) is 14.0 Å². The van der Waals surface area contributed by atoms with E-state index in [9.17, 15) is 19.5 Å². The first-order valence-electron chi connectivity index (χ1n) is 10.2. The van der Waals surface area contributed by atoms with Gasteiger partial charge in [0.25, 0.3) is 5.91 Å². The van der Waals surface area contributed by atoms with Gasteiger partial charge in [-0.1, -0.05) is 52.0 Å². The molecule has 30 heavy (non-hydrogen) atoms. The van der Waals surface area contributed by atoms with Crippen LogP contribution in [0, 0.1) is 5.92 Å². The number of carbonyl (C=O) groups is 3. The molecule has 0 aliphatic carbocycles. The van der Waals surface area contributed by atoms with Gasteiger partial charge in [0.2, 0.25) is 5.91 Å². The van der Waals surface area contributed by atoms with Gasteiger partial charge in [-0.05, 0) is 36.3 Å². The van der Waals surface area contributed by atoms with E-state index in [0.29, 0.717) is 17.9 Å². The Balaban J connectivity index is 2.72. The van der Waals surface area contributed by atoms with Gasteiger partial charge in [0, 0.05) is 0 Å². The molecule has 168 valence electrons. The van der Waals surface area contributed by atoms with Crippen LogP contribution in [0.2, 0.25) is 0 Å². The quantitative estimate of drug-likeness (QED) is 0.422. The third-order valence-electron chi connectivity index (χ3n) is 4.86. The fraction of sp³-hybridized carbons (Fsp3) is 0.591. The normalized spacial score (nSPS) is 15.3. The van der Waals surface area contributed by atoms with Crippen LogP contribution in [0.15, 0.2) is 24.3 Å². The van der Waals surface area contributed by atoms with Crippen molar-refractivity contribution in [2.45, 2.75) is 71.2 Å². The molecule has 0 aliphatic heterocycles. The number of methoxy groups -OCH3 is 1. The molecule has 8 heteroatoms. The van der Waals surface area contributed by atoms with Gasteiger partial charge in [-0.15, -0.1) is 0 Å². The van der Waals surface area contributed by atoms with Gasteiger partial charge in [0.05, 0.1) is 13.2 Å². The number of aliphatic hydroxyl groups excluding tert-OH is 1. The van der Waals surface area contributed by atoms with E-state index < -0.39 is 42.0 Å². The van der Waals surface area contributed by atoms with Gasteiger partial charge in [-0.3, -0.25) is 9.59 Å². The number of hydrogen-bond donors (Lipinski definition) is 4. The summed E-state index contributed by atoms with van der Waals surface area (Å²) in [5.74, 6) is -1.37. The highest BCUT2D eigenvalue weighted by molar-refractivity contribution is 5.91. The molecule has 0 aromatic heterocycles. The molecule has 0 spiro atoms. The summed E-state index contributed by atoms with van der Waals surface area (Å²) in [6.45, 7) is 9.43. The van der Waals surface area contributed by atoms with E-state index in [1.54, 1.807) is 12.1 Å². The Hall–Kier alpha value is -2.45. The lowest BCUT2D eigenvalue weighted by molar-refractivity contribution is -0.145. The lowest BCUT2D eigenvalue weighted by Crippen LogP contribution is -2.53. The highest BCUT2D eigenvalue weighted by Crippen LogP contribution is 2.19. The fourth-order valence-corrected chi connectivity index (χ4v) is 2.94. The summed E-state index contributed by atoms with van der Waals surface area (Å²) in [5.41, 5.74) is 7.77. The van der Waals surface area contributed by atoms with Gasteiger partial charge in [0.15, 0.2) is 6.10 Å². The molecule has 8 nitrogen and oxygen atoms in total. The molecule has 1 aromatic rings. The van der Waals surface area contributed by atoms with Crippen LogP contribution < -0.4 is 16.4 Å². The number of amides is 2. The van der Waals surface area contributed by atoms with Crippen LogP contribution in [0.25, 0.3) is 0 Å². The Morgan fingerprint density at radius 3 is 1.97 bits per heavy atom. The summed E-state index contributed by atoms with van der Waals surface area (Å²) < 4.78 is 4.72. The van der Waals surface area contributed by atoms with E-state index in [2.05, 4.69) is 24.5 Å². The van der Waals surface area contributed by atoms with Crippen molar-refractivity contribution < 1.29 is 24.2 Å². The number of hydrogen-bond acceptors (Lipinski definition) is 6. The van der Waals surface area contributed by atoms with Crippen LogP contribution >= 0.6 is 0 Å². The molecule has 1 rings (SSSR count). The van der Waals surface area contributed by atoms with E-state index >= 15 is 0 Å². The molecule has 0 heterocycles. The SMILES string of the molecule is COC(=O)[C@@H](CC(C)C)NC(=O)[C@@H](C)NC(=O)[C@@H](O)[C@H](N)c1ccc(C(C)C)cc1. The standard InChI is InChI=1S/C22H35N3O5/c1-12(2)11-17(22(29)30-6)25-20(27)14(5)24-21(28)19(26)18(23)16-9-7-15(8-10-16)13(3)4/h7-10,12-14,17-19,26H,11,23H2,1-6H3,(H,24,28)(H,25,27)/t14-,17-,18-,19+/m1/s1. The molecule has 0 saturated carbocycles. The van der Waals surface area contributed by atoms with Crippen molar-refractivity contribution in [3.63, 3.8) is 0 Å². The molecular formula is C22H35N3O5. The number of nitrogens with two attached hydrogens (primary N) is 1. The minimum atomic E-state index is -1.53. The van der Waals surface area contributed by atoms with Crippen molar-refractivity contribution in [2.24, 2.45) is 11.7 Å². The number of esters is 1. The van der Waals surface area contributed by atoms with Gasteiger partial charge in [0.1, 0.15) is 12.1 Å². The van der Waals surface area contributed by atoms with E-state index in [0.717, 1.165) is 5.56 Å². The van der Waals surface area contributed by atoms with Crippen LogP contribution in [0.4, 0.5) is 0 Å². The number of rotatable bonds is 10. The minimum Gasteiger partial charge on any atom is -0.467 e. The number of nitrogens with one attached hydrogen (secondary N) is 2.